The first-order valence-corrected chi connectivity index (χ1v) is 7.36. The molecule has 0 radical (unpaired) electrons. The predicted octanol–water partition coefficient (Wildman–Crippen LogP) is 2.58. The number of carbonyl (C=O) groups excluding carboxylic acids is 1. The van der Waals surface area contributed by atoms with Gasteiger partial charge in [-0.2, -0.15) is 0 Å². The van der Waals surface area contributed by atoms with E-state index in [1.165, 1.54) is 4.46 Å². The average molecular weight is 269 g/mol. The second kappa shape index (κ2) is 6.81. The van der Waals surface area contributed by atoms with Crippen molar-refractivity contribution in [3.63, 3.8) is 0 Å². The molecule has 0 bridgehead atoms. The van der Waals surface area contributed by atoms with Crippen molar-refractivity contribution in [1.29, 1.82) is 0 Å². The molecule has 0 aliphatic heterocycles. The quantitative estimate of drug-likeness (QED) is 0.725. The zero-order valence-corrected chi connectivity index (χ0v) is 11.1. The summed E-state index contributed by atoms with van der Waals surface area (Å²) in [6, 6.07) is 10.4. The number of carbonyl (C=O) groups is 1. The van der Waals surface area contributed by atoms with Crippen LogP contribution in [0.3, 0.4) is 0 Å². The van der Waals surface area contributed by atoms with Crippen molar-refractivity contribution in [3.05, 3.63) is 30.3 Å². The molecule has 0 aromatic heterocycles. The van der Waals surface area contributed by atoms with E-state index in [-0.39, 0.29) is 4.82 Å². The SMILES string of the molecule is CCCC(=O)C(CC)[Se]c1ccccc1. The van der Waals surface area contributed by atoms with Gasteiger partial charge in [0.2, 0.25) is 0 Å². The fourth-order valence-electron chi connectivity index (χ4n) is 1.45. The van der Waals surface area contributed by atoms with Crippen LogP contribution in [0.15, 0.2) is 30.3 Å². The molecule has 0 N–H and O–H groups in total. The van der Waals surface area contributed by atoms with Gasteiger partial charge in [-0.25, -0.2) is 0 Å². The van der Waals surface area contributed by atoms with Gasteiger partial charge in [0.05, 0.1) is 0 Å². The van der Waals surface area contributed by atoms with Crippen molar-refractivity contribution in [2.24, 2.45) is 0 Å². The molecule has 1 aromatic rings. The van der Waals surface area contributed by atoms with Crippen molar-refractivity contribution in [1.82, 2.24) is 0 Å². The summed E-state index contributed by atoms with van der Waals surface area (Å²) < 4.78 is 1.33. The fraction of sp³-hybridized carbons (Fsp3) is 0.462. The second-order valence-corrected chi connectivity index (χ2v) is 6.22. The van der Waals surface area contributed by atoms with Crippen LogP contribution in [-0.4, -0.2) is 20.7 Å². The number of Topliss-reactive ketones (excluding diaryl/α,β-unsaturated/α-hetero) is 1. The number of ketones is 1. The van der Waals surface area contributed by atoms with E-state index in [4.69, 9.17) is 0 Å². The van der Waals surface area contributed by atoms with Crippen molar-refractivity contribution in [3.8, 4) is 0 Å². The van der Waals surface area contributed by atoms with E-state index in [0.717, 1.165) is 19.3 Å². The van der Waals surface area contributed by atoms with Crippen LogP contribution in [0.5, 0.6) is 0 Å². The topological polar surface area (TPSA) is 17.1 Å². The second-order valence-electron chi connectivity index (χ2n) is 3.54. The Bertz CT molecular complexity index is 295. The summed E-state index contributed by atoms with van der Waals surface area (Å²) in [5.41, 5.74) is 0. The first-order valence-electron chi connectivity index (χ1n) is 5.52. The van der Waals surface area contributed by atoms with E-state index < -0.39 is 0 Å². The molecule has 0 aliphatic carbocycles. The Hall–Kier alpha value is -0.591. The van der Waals surface area contributed by atoms with Crippen LogP contribution in [0.2, 0.25) is 4.82 Å². The minimum atomic E-state index is 0.278. The van der Waals surface area contributed by atoms with Gasteiger partial charge in [0.25, 0.3) is 0 Å². The first-order chi connectivity index (χ1) is 7.27. The molecule has 0 fully saturated rings. The van der Waals surface area contributed by atoms with Crippen molar-refractivity contribution < 1.29 is 4.79 Å². The molecular formula is C13H18OSe. The van der Waals surface area contributed by atoms with Crippen molar-refractivity contribution in [2.45, 2.75) is 37.9 Å². The van der Waals surface area contributed by atoms with E-state index in [2.05, 4.69) is 26.0 Å². The normalized spacial score (nSPS) is 12.4. The molecule has 2 heteroatoms. The van der Waals surface area contributed by atoms with Crippen molar-refractivity contribution >= 4 is 25.2 Å². The van der Waals surface area contributed by atoms with Crippen molar-refractivity contribution in [2.75, 3.05) is 0 Å². The van der Waals surface area contributed by atoms with E-state index in [1.807, 2.05) is 18.2 Å². The third-order valence-electron chi connectivity index (χ3n) is 2.25. The molecule has 0 saturated carbocycles. The predicted molar refractivity (Wildman–Crippen MR) is 65.8 cm³/mol. The van der Waals surface area contributed by atoms with Crippen LogP contribution in [-0.2, 0) is 4.79 Å². The van der Waals surface area contributed by atoms with Crippen LogP contribution < -0.4 is 4.46 Å². The number of hydrogen-bond acceptors (Lipinski definition) is 1. The summed E-state index contributed by atoms with van der Waals surface area (Å²) >= 11 is 0.308. The molecule has 15 heavy (non-hydrogen) atoms. The van der Waals surface area contributed by atoms with Gasteiger partial charge in [-0.05, 0) is 0 Å². The van der Waals surface area contributed by atoms with Gasteiger partial charge >= 0.3 is 98.3 Å². The van der Waals surface area contributed by atoms with Crippen LogP contribution in [0.1, 0.15) is 33.1 Å². The van der Waals surface area contributed by atoms with E-state index >= 15 is 0 Å². The maximum absolute atomic E-state index is 11.8. The Morgan fingerprint density at radius 3 is 2.47 bits per heavy atom. The average Bonchev–Trinajstić information content (AvgIpc) is 2.27. The molecule has 0 amide bonds. The summed E-state index contributed by atoms with van der Waals surface area (Å²) in [6.07, 6.45) is 2.70. The van der Waals surface area contributed by atoms with Crippen LogP contribution >= 0.6 is 0 Å². The van der Waals surface area contributed by atoms with Gasteiger partial charge in [-0.3, -0.25) is 0 Å². The van der Waals surface area contributed by atoms with Crippen LogP contribution in [0, 0.1) is 0 Å². The van der Waals surface area contributed by atoms with Gasteiger partial charge in [0.1, 0.15) is 0 Å². The Morgan fingerprint density at radius 1 is 1.27 bits per heavy atom. The van der Waals surface area contributed by atoms with E-state index in [0.29, 0.717) is 20.7 Å². The minimum absolute atomic E-state index is 0.278. The molecule has 0 spiro atoms. The van der Waals surface area contributed by atoms with Crippen LogP contribution in [0.25, 0.3) is 0 Å². The Balaban J connectivity index is 2.58. The van der Waals surface area contributed by atoms with Gasteiger partial charge in [0.15, 0.2) is 0 Å². The monoisotopic (exact) mass is 270 g/mol. The third-order valence-corrected chi connectivity index (χ3v) is 5.24. The summed E-state index contributed by atoms with van der Waals surface area (Å²) in [7, 11) is 0. The maximum atomic E-state index is 11.8. The molecule has 0 aliphatic rings. The summed E-state index contributed by atoms with van der Waals surface area (Å²) in [5, 5.41) is 0. The molecule has 1 rings (SSSR count). The number of rotatable bonds is 6. The van der Waals surface area contributed by atoms with Gasteiger partial charge in [0, 0.05) is 0 Å². The Labute approximate surface area is 98.4 Å². The standard InChI is InChI=1S/C13H18OSe/c1-3-8-12(14)13(4-2)15-11-9-6-5-7-10-11/h5-7,9-10,13H,3-4,8H2,1-2H3. The Morgan fingerprint density at radius 2 is 1.93 bits per heavy atom. The fourth-order valence-corrected chi connectivity index (χ4v) is 3.67. The molecule has 1 unspecified atom stereocenters. The molecule has 0 saturated heterocycles. The summed E-state index contributed by atoms with van der Waals surface area (Å²) in [5.74, 6) is 0.448. The van der Waals surface area contributed by atoms with Gasteiger partial charge in [-0.1, -0.05) is 0 Å². The van der Waals surface area contributed by atoms with Gasteiger partial charge < -0.3 is 0 Å². The number of hydrogen-bond donors (Lipinski definition) is 0. The summed E-state index contributed by atoms with van der Waals surface area (Å²) in [4.78, 5) is 12.1. The number of benzene rings is 1. The Kier molecular flexibility index (Phi) is 5.67. The zero-order chi connectivity index (χ0) is 11.1. The molecule has 0 heterocycles. The summed E-state index contributed by atoms with van der Waals surface area (Å²) in [6.45, 7) is 4.18. The van der Waals surface area contributed by atoms with Gasteiger partial charge in [-0.15, -0.1) is 0 Å². The molecule has 1 atom stereocenters. The van der Waals surface area contributed by atoms with E-state index in [9.17, 15) is 4.79 Å². The van der Waals surface area contributed by atoms with Crippen LogP contribution in [0.4, 0.5) is 0 Å². The van der Waals surface area contributed by atoms with E-state index in [1.54, 1.807) is 0 Å². The molecular weight excluding hydrogens is 251 g/mol. The molecule has 1 aromatic carbocycles. The molecule has 82 valence electrons. The zero-order valence-electron chi connectivity index (χ0n) is 9.40. The molecule has 1 nitrogen and oxygen atoms in total. The third kappa shape index (κ3) is 4.19. The first kappa shape index (κ1) is 12.5.